The van der Waals surface area contributed by atoms with E-state index in [1.165, 1.54) is 30.0 Å². The van der Waals surface area contributed by atoms with Crippen LogP contribution in [0.2, 0.25) is 10.0 Å². The summed E-state index contributed by atoms with van der Waals surface area (Å²) < 4.78 is 5.17. The topological polar surface area (TPSA) is 103 Å². The number of benzene rings is 2. The lowest BCUT2D eigenvalue weighted by Gasteiger charge is -2.29. The summed E-state index contributed by atoms with van der Waals surface area (Å²) in [6.45, 7) is 2.21. The predicted octanol–water partition coefficient (Wildman–Crippen LogP) is 3.90. The van der Waals surface area contributed by atoms with Crippen LogP contribution in [0.3, 0.4) is 0 Å². The fourth-order valence-corrected chi connectivity index (χ4v) is 7.05. The molecule has 180 valence electrons. The van der Waals surface area contributed by atoms with Crippen LogP contribution in [0.1, 0.15) is 24.5 Å². The summed E-state index contributed by atoms with van der Waals surface area (Å²) in [5, 5.41) is 13.2. The van der Waals surface area contributed by atoms with Gasteiger partial charge in [-0.1, -0.05) is 35.3 Å². The van der Waals surface area contributed by atoms with Gasteiger partial charge in [0, 0.05) is 22.2 Å². The van der Waals surface area contributed by atoms with Crippen molar-refractivity contribution in [3.05, 3.63) is 63.6 Å². The second kappa shape index (κ2) is 8.71. The van der Waals surface area contributed by atoms with E-state index in [1.54, 1.807) is 36.1 Å². The Bertz CT molecular complexity index is 1260. The first-order chi connectivity index (χ1) is 16.7. The van der Waals surface area contributed by atoms with Crippen molar-refractivity contribution in [2.75, 3.05) is 23.8 Å². The van der Waals surface area contributed by atoms with Gasteiger partial charge in [-0.15, -0.1) is 11.8 Å². The Balaban J connectivity index is 1.58. The van der Waals surface area contributed by atoms with E-state index in [-0.39, 0.29) is 31.2 Å². The molecule has 35 heavy (non-hydrogen) atoms. The van der Waals surface area contributed by atoms with Crippen molar-refractivity contribution < 1.29 is 19.1 Å². The Morgan fingerprint density at radius 1 is 1.23 bits per heavy atom. The van der Waals surface area contributed by atoms with Crippen molar-refractivity contribution in [3.63, 3.8) is 0 Å². The van der Waals surface area contributed by atoms with E-state index in [2.05, 4.69) is 11.4 Å². The van der Waals surface area contributed by atoms with E-state index in [1.807, 2.05) is 0 Å². The van der Waals surface area contributed by atoms with Gasteiger partial charge in [0.25, 0.3) is 5.91 Å². The number of halogens is 2. The van der Waals surface area contributed by atoms with Gasteiger partial charge in [-0.05, 0) is 42.8 Å². The van der Waals surface area contributed by atoms with Gasteiger partial charge in [0.2, 0.25) is 0 Å². The Morgan fingerprint density at radius 2 is 1.91 bits per heavy atom. The summed E-state index contributed by atoms with van der Waals surface area (Å²) in [5.74, 6) is -0.333. The number of imide groups is 1. The number of nitrogens with one attached hydrogen (secondary N) is 1. The minimum absolute atomic E-state index is 0.197. The fraction of sp³-hybridized carbons (Fsp3) is 0.333. The summed E-state index contributed by atoms with van der Waals surface area (Å²) in [6.07, 6.45) is 0.238. The van der Waals surface area contributed by atoms with E-state index in [9.17, 15) is 19.6 Å². The number of fused-ring (bicyclic) bond motifs is 1. The number of nitrogens with zero attached hydrogens (tertiary/aromatic N) is 3. The third kappa shape index (κ3) is 3.76. The molecule has 0 radical (unpaired) electrons. The van der Waals surface area contributed by atoms with Gasteiger partial charge < -0.3 is 9.64 Å². The standard InChI is InChI=1S/C24H20Cl2N4O4S/c1-2-34-20(31)19-11-35-23(28-19)12-24(15-5-3-14(10-27)4-6-15)21(32)30(22(33)29(24)13-23)18-8-16(25)7-17(26)9-18/h3-9,19,28H,2,11-13H2,1H3/t19-,23-,24-/m0/s1. The van der Waals surface area contributed by atoms with E-state index >= 15 is 0 Å². The molecule has 0 saturated carbocycles. The second-order valence-corrected chi connectivity index (χ2v) is 10.9. The molecule has 3 aliphatic rings. The van der Waals surface area contributed by atoms with E-state index in [4.69, 9.17) is 27.9 Å². The van der Waals surface area contributed by atoms with Crippen molar-refractivity contribution in [3.8, 4) is 6.07 Å². The highest BCUT2D eigenvalue weighted by Crippen LogP contribution is 2.55. The molecule has 3 amide bonds. The van der Waals surface area contributed by atoms with Crippen LogP contribution < -0.4 is 10.2 Å². The maximum atomic E-state index is 14.1. The molecular formula is C24H20Cl2N4O4S. The van der Waals surface area contributed by atoms with Gasteiger partial charge in [-0.25, -0.2) is 9.69 Å². The average Bonchev–Trinajstić information content (AvgIpc) is 3.46. The quantitative estimate of drug-likeness (QED) is 0.472. The fourth-order valence-electron chi connectivity index (χ4n) is 5.07. The van der Waals surface area contributed by atoms with Gasteiger partial charge >= 0.3 is 12.0 Å². The summed E-state index contributed by atoms with van der Waals surface area (Å²) in [4.78, 5) is 42.2. The lowest BCUT2D eigenvalue weighted by atomic mass is 9.85. The van der Waals surface area contributed by atoms with Crippen molar-refractivity contribution >= 4 is 58.6 Å². The van der Waals surface area contributed by atoms with Crippen LogP contribution in [0.4, 0.5) is 10.5 Å². The number of thioether (sulfide) groups is 1. The van der Waals surface area contributed by atoms with Crippen LogP contribution in [-0.2, 0) is 19.9 Å². The van der Waals surface area contributed by atoms with Crippen LogP contribution in [0, 0.1) is 11.3 Å². The smallest absolute Gasteiger partial charge is 0.332 e. The number of rotatable bonds is 4. The first kappa shape index (κ1) is 23.9. The van der Waals surface area contributed by atoms with Crippen LogP contribution in [0.15, 0.2) is 42.5 Å². The number of carbonyl (C=O) groups is 3. The number of carbonyl (C=O) groups excluding carboxylic acids is 3. The normalized spacial score (nSPS) is 27.4. The molecule has 0 aromatic heterocycles. The highest BCUT2D eigenvalue weighted by atomic mass is 35.5. The summed E-state index contributed by atoms with van der Waals surface area (Å²) in [6, 6.07) is 12.3. The molecular weight excluding hydrogens is 511 g/mol. The molecule has 1 N–H and O–H groups in total. The lowest BCUT2D eigenvalue weighted by Crippen LogP contribution is -2.49. The zero-order valence-corrected chi connectivity index (χ0v) is 20.9. The summed E-state index contributed by atoms with van der Waals surface area (Å²) >= 11 is 13.8. The number of nitriles is 1. The first-order valence-corrected chi connectivity index (χ1v) is 12.7. The Kier molecular flexibility index (Phi) is 5.96. The Labute approximate surface area is 216 Å². The molecule has 0 aliphatic carbocycles. The number of ether oxygens (including phenoxy) is 1. The van der Waals surface area contributed by atoms with Crippen LogP contribution in [0.25, 0.3) is 0 Å². The van der Waals surface area contributed by atoms with E-state index in [0.717, 1.165) is 4.90 Å². The minimum atomic E-state index is -1.33. The number of anilines is 1. The third-order valence-electron chi connectivity index (χ3n) is 6.53. The zero-order chi connectivity index (χ0) is 25.0. The highest BCUT2D eigenvalue weighted by Gasteiger charge is 2.68. The summed E-state index contributed by atoms with van der Waals surface area (Å²) in [7, 11) is 0. The monoisotopic (exact) mass is 530 g/mol. The molecule has 3 heterocycles. The number of esters is 1. The van der Waals surface area contributed by atoms with E-state index in [0.29, 0.717) is 26.9 Å². The van der Waals surface area contributed by atoms with Crippen LogP contribution >= 0.6 is 35.0 Å². The van der Waals surface area contributed by atoms with Crippen LogP contribution in [-0.4, -0.2) is 52.6 Å². The maximum absolute atomic E-state index is 14.1. The molecule has 11 heteroatoms. The second-order valence-electron chi connectivity index (χ2n) is 8.62. The van der Waals surface area contributed by atoms with E-state index < -0.39 is 28.4 Å². The number of urea groups is 1. The number of hydrogen-bond acceptors (Lipinski definition) is 7. The van der Waals surface area contributed by atoms with Crippen LogP contribution in [0.5, 0.6) is 0 Å². The van der Waals surface area contributed by atoms with Crippen molar-refractivity contribution in [2.24, 2.45) is 0 Å². The average molecular weight is 531 g/mol. The molecule has 0 unspecified atom stereocenters. The molecule has 3 saturated heterocycles. The highest BCUT2D eigenvalue weighted by molar-refractivity contribution is 8.01. The number of amides is 3. The molecule has 3 fully saturated rings. The van der Waals surface area contributed by atoms with Gasteiger partial charge in [0.1, 0.15) is 6.04 Å². The molecule has 2 aromatic rings. The largest absolute Gasteiger partial charge is 0.465 e. The molecule has 5 rings (SSSR count). The molecule has 3 atom stereocenters. The lowest BCUT2D eigenvalue weighted by molar-refractivity contribution is -0.145. The van der Waals surface area contributed by atoms with Gasteiger partial charge in [-0.2, -0.15) is 5.26 Å². The summed E-state index contributed by atoms with van der Waals surface area (Å²) in [5.41, 5.74) is -0.0196. The van der Waals surface area contributed by atoms with Gasteiger partial charge in [-0.3, -0.25) is 14.9 Å². The van der Waals surface area contributed by atoms with Crippen molar-refractivity contribution in [1.29, 1.82) is 5.26 Å². The SMILES string of the molecule is CCOC(=O)[C@@H]1CS[C@@]2(CN3C(=O)N(c4cc(Cl)cc(Cl)c4)C(=O)[C@@]3(c3ccc(C#N)cc3)C2)N1. The van der Waals surface area contributed by atoms with Gasteiger partial charge in [0.05, 0.1) is 35.3 Å². The minimum Gasteiger partial charge on any atom is -0.465 e. The molecule has 1 spiro atoms. The Hall–Kier alpha value is -2.77. The number of hydrogen-bond donors (Lipinski definition) is 1. The maximum Gasteiger partial charge on any atom is 0.332 e. The van der Waals surface area contributed by atoms with Gasteiger partial charge in [0.15, 0.2) is 5.54 Å². The molecule has 3 aliphatic heterocycles. The van der Waals surface area contributed by atoms with Crippen molar-refractivity contribution in [1.82, 2.24) is 10.2 Å². The first-order valence-electron chi connectivity index (χ1n) is 10.9. The predicted molar refractivity (Wildman–Crippen MR) is 132 cm³/mol. The Morgan fingerprint density at radius 3 is 2.54 bits per heavy atom. The molecule has 8 nitrogen and oxygen atoms in total. The zero-order valence-electron chi connectivity index (χ0n) is 18.6. The molecule has 0 bridgehead atoms. The van der Waals surface area contributed by atoms with Crippen molar-refractivity contribution in [2.45, 2.75) is 29.8 Å². The molecule has 2 aromatic carbocycles. The third-order valence-corrected chi connectivity index (χ3v) is 8.41.